The maximum Gasteiger partial charge on any atom is 0.336 e. The number of fused-ring (bicyclic) bond motifs is 1. The molecule has 1 heterocycles. The van der Waals surface area contributed by atoms with Crippen LogP contribution in [-0.2, 0) is 4.79 Å². The lowest BCUT2D eigenvalue weighted by Gasteiger charge is -2.14. The molecule has 0 aliphatic carbocycles. The fourth-order valence-corrected chi connectivity index (χ4v) is 2.65. The van der Waals surface area contributed by atoms with E-state index in [9.17, 15) is 9.59 Å². The molecule has 5 nitrogen and oxygen atoms in total. The first-order valence-electron chi connectivity index (χ1n) is 8.16. The topological polar surface area (TPSA) is 68.5 Å². The van der Waals surface area contributed by atoms with Crippen molar-refractivity contribution in [2.45, 2.75) is 20.0 Å². The molecule has 0 spiro atoms. The van der Waals surface area contributed by atoms with Crippen molar-refractivity contribution in [1.29, 1.82) is 0 Å². The van der Waals surface area contributed by atoms with Crippen molar-refractivity contribution < 1.29 is 13.9 Å². The van der Waals surface area contributed by atoms with Gasteiger partial charge in [-0.3, -0.25) is 4.79 Å². The first kappa shape index (κ1) is 16.8. The minimum atomic E-state index is -0.638. The number of rotatable bonds is 5. The van der Waals surface area contributed by atoms with Crippen molar-refractivity contribution in [3.05, 3.63) is 65.0 Å². The molecule has 3 rings (SSSR count). The van der Waals surface area contributed by atoms with Gasteiger partial charge in [0, 0.05) is 24.1 Å². The van der Waals surface area contributed by atoms with Crippen molar-refractivity contribution in [2.24, 2.45) is 0 Å². The van der Waals surface area contributed by atoms with Gasteiger partial charge in [0.05, 0.1) is 0 Å². The number of carbonyl (C=O) groups excluding carboxylic acids is 1. The Morgan fingerprint density at radius 2 is 1.92 bits per heavy atom. The van der Waals surface area contributed by atoms with Crippen LogP contribution in [0, 0.1) is 0 Å². The van der Waals surface area contributed by atoms with Gasteiger partial charge < -0.3 is 14.5 Å². The smallest absolute Gasteiger partial charge is 0.336 e. The predicted octanol–water partition coefficient (Wildman–Crippen LogP) is 3.36. The largest absolute Gasteiger partial charge is 0.481 e. The van der Waals surface area contributed by atoms with Gasteiger partial charge in [0.1, 0.15) is 11.3 Å². The second-order valence-electron chi connectivity index (χ2n) is 5.66. The summed E-state index contributed by atoms with van der Waals surface area (Å²) in [4.78, 5) is 23.7. The highest BCUT2D eigenvalue weighted by Crippen LogP contribution is 2.29. The Bertz CT molecular complexity index is 947. The van der Waals surface area contributed by atoms with Gasteiger partial charge in [-0.25, -0.2) is 4.79 Å². The quantitative estimate of drug-likeness (QED) is 0.725. The second kappa shape index (κ2) is 7.21. The van der Waals surface area contributed by atoms with Crippen LogP contribution >= 0.6 is 0 Å². The normalized spacial score (nSPS) is 11.9. The van der Waals surface area contributed by atoms with E-state index in [1.165, 1.54) is 6.07 Å². The zero-order valence-corrected chi connectivity index (χ0v) is 14.1. The van der Waals surface area contributed by atoms with E-state index in [0.29, 0.717) is 17.9 Å². The Labute approximate surface area is 145 Å². The standard InChI is InChI=1S/C20H19NO4/c1-3-21-20(23)13(2)24-15-9-10-16-17(14-7-5-4-6-8-14)12-19(22)25-18(16)11-15/h4-13H,3H2,1-2H3,(H,21,23). The number of amides is 1. The average Bonchev–Trinajstić information content (AvgIpc) is 2.61. The summed E-state index contributed by atoms with van der Waals surface area (Å²) in [5, 5.41) is 3.51. The fraction of sp³-hybridized carbons (Fsp3) is 0.200. The van der Waals surface area contributed by atoms with Crippen LogP contribution in [0.5, 0.6) is 5.75 Å². The zero-order valence-electron chi connectivity index (χ0n) is 14.1. The van der Waals surface area contributed by atoms with Crippen LogP contribution in [0.4, 0.5) is 0 Å². The summed E-state index contributed by atoms with van der Waals surface area (Å²) in [5.74, 6) is 0.279. The highest BCUT2D eigenvalue weighted by molar-refractivity contribution is 5.93. The maximum absolute atomic E-state index is 11.9. The molecular weight excluding hydrogens is 318 g/mol. The summed E-state index contributed by atoms with van der Waals surface area (Å²) in [6.07, 6.45) is -0.638. The third-order valence-corrected chi connectivity index (χ3v) is 3.83. The molecule has 0 radical (unpaired) electrons. The van der Waals surface area contributed by atoms with Crippen molar-refractivity contribution in [1.82, 2.24) is 5.32 Å². The molecule has 0 aliphatic rings. The van der Waals surface area contributed by atoms with Crippen LogP contribution in [0.3, 0.4) is 0 Å². The maximum atomic E-state index is 11.9. The van der Waals surface area contributed by atoms with E-state index in [1.807, 2.05) is 43.3 Å². The predicted molar refractivity (Wildman–Crippen MR) is 96.7 cm³/mol. The van der Waals surface area contributed by atoms with Crippen LogP contribution in [-0.4, -0.2) is 18.6 Å². The molecule has 3 aromatic rings. The van der Waals surface area contributed by atoms with Gasteiger partial charge >= 0.3 is 5.63 Å². The number of hydrogen-bond acceptors (Lipinski definition) is 4. The summed E-state index contributed by atoms with van der Waals surface area (Å²) >= 11 is 0. The number of nitrogens with one attached hydrogen (secondary N) is 1. The average molecular weight is 337 g/mol. The third kappa shape index (κ3) is 3.71. The van der Waals surface area contributed by atoms with Crippen molar-refractivity contribution in [3.63, 3.8) is 0 Å². The summed E-state index contributed by atoms with van der Waals surface area (Å²) < 4.78 is 11.0. The summed E-state index contributed by atoms with van der Waals surface area (Å²) in [6, 6.07) is 16.4. The first-order chi connectivity index (χ1) is 12.1. The van der Waals surface area contributed by atoms with Crippen LogP contribution in [0.2, 0.25) is 0 Å². The van der Waals surface area contributed by atoms with Gasteiger partial charge in [-0.2, -0.15) is 0 Å². The van der Waals surface area contributed by atoms with E-state index in [-0.39, 0.29) is 5.91 Å². The lowest BCUT2D eigenvalue weighted by molar-refractivity contribution is -0.127. The zero-order chi connectivity index (χ0) is 17.8. The third-order valence-electron chi connectivity index (χ3n) is 3.83. The summed E-state index contributed by atoms with van der Waals surface area (Å²) in [5.41, 5.74) is 1.73. The SMILES string of the molecule is CCNC(=O)C(C)Oc1ccc2c(-c3ccccc3)cc(=O)oc2c1. The Kier molecular flexibility index (Phi) is 4.84. The summed E-state index contributed by atoms with van der Waals surface area (Å²) in [6.45, 7) is 4.06. The summed E-state index contributed by atoms with van der Waals surface area (Å²) in [7, 11) is 0. The lowest BCUT2D eigenvalue weighted by atomic mass is 10.0. The van der Waals surface area contributed by atoms with E-state index in [1.54, 1.807) is 19.1 Å². The van der Waals surface area contributed by atoms with Crippen molar-refractivity contribution >= 4 is 16.9 Å². The molecule has 1 unspecified atom stereocenters. The second-order valence-corrected chi connectivity index (χ2v) is 5.66. The molecule has 1 N–H and O–H groups in total. The van der Waals surface area contributed by atoms with Gasteiger partial charge in [-0.05, 0) is 37.1 Å². The minimum absolute atomic E-state index is 0.193. The van der Waals surface area contributed by atoms with Gasteiger partial charge in [0.25, 0.3) is 5.91 Å². The molecule has 1 aromatic heterocycles. The van der Waals surface area contributed by atoms with Gasteiger partial charge in [0.15, 0.2) is 6.10 Å². The molecule has 1 atom stereocenters. The molecule has 128 valence electrons. The molecule has 25 heavy (non-hydrogen) atoms. The molecule has 5 heteroatoms. The molecule has 0 bridgehead atoms. The van der Waals surface area contributed by atoms with E-state index >= 15 is 0 Å². The molecular formula is C20H19NO4. The van der Waals surface area contributed by atoms with Crippen LogP contribution in [0.25, 0.3) is 22.1 Å². The van der Waals surface area contributed by atoms with Gasteiger partial charge in [-0.15, -0.1) is 0 Å². The van der Waals surface area contributed by atoms with E-state index in [4.69, 9.17) is 9.15 Å². The molecule has 0 fully saturated rings. The Morgan fingerprint density at radius 1 is 1.16 bits per heavy atom. The van der Waals surface area contributed by atoms with Crippen LogP contribution in [0.15, 0.2) is 63.8 Å². The fourth-order valence-electron chi connectivity index (χ4n) is 2.65. The molecule has 2 aromatic carbocycles. The van der Waals surface area contributed by atoms with E-state index < -0.39 is 11.7 Å². The number of ether oxygens (including phenoxy) is 1. The molecule has 0 saturated carbocycles. The number of benzene rings is 2. The highest BCUT2D eigenvalue weighted by atomic mass is 16.5. The van der Waals surface area contributed by atoms with E-state index in [2.05, 4.69) is 5.32 Å². The number of likely N-dealkylation sites (N-methyl/N-ethyl adjacent to an activating group) is 1. The molecule has 1 amide bonds. The van der Waals surface area contributed by atoms with Gasteiger partial charge in [-0.1, -0.05) is 30.3 Å². The first-order valence-corrected chi connectivity index (χ1v) is 8.16. The van der Waals surface area contributed by atoms with Crippen molar-refractivity contribution in [2.75, 3.05) is 6.54 Å². The lowest BCUT2D eigenvalue weighted by Crippen LogP contribution is -2.36. The van der Waals surface area contributed by atoms with Crippen LogP contribution in [0.1, 0.15) is 13.8 Å². The van der Waals surface area contributed by atoms with Crippen molar-refractivity contribution in [3.8, 4) is 16.9 Å². The molecule has 0 aliphatic heterocycles. The Morgan fingerprint density at radius 3 is 2.64 bits per heavy atom. The monoisotopic (exact) mass is 337 g/mol. The Hall–Kier alpha value is -3.08. The minimum Gasteiger partial charge on any atom is -0.481 e. The van der Waals surface area contributed by atoms with Gasteiger partial charge in [0.2, 0.25) is 0 Å². The van der Waals surface area contributed by atoms with Crippen LogP contribution < -0.4 is 15.7 Å². The number of hydrogen-bond donors (Lipinski definition) is 1. The molecule has 0 saturated heterocycles. The highest BCUT2D eigenvalue weighted by Gasteiger charge is 2.15. The Balaban J connectivity index is 1.99. The number of carbonyl (C=O) groups is 1. The van der Waals surface area contributed by atoms with E-state index in [0.717, 1.165) is 16.5 Å².